The average Bonchev–Trinajstić information content (AvgIpc) is 3.21. The van der Waals surface area contributed by atoms with E-state index in [1.54, 1.807) is 12.1 Å². The molecule has 2 amide bonds. The van der Waals surface area contributed by atoms with E-state index in [9.17, 15) is 9.59 Å². The Hall–Kier alpha value is -1.75. The van der Waals surface area contributed by atoms with Gasteiger partial charge in [0.25, 0.3) is 0 Å². The van der Waals surface area contributed by atoms with Crippen molar-refractivity contribution < 1.29 is 14.3 Å². The van der Waals surface area contributed by atoms with E-state index in [0.29, 0.717) is 22.9 Å². The molecule has 1 saturated carbocycles. The van der Waals surface area contributed by atoms with Gasteiger partial charge < -0.3 is 15.4 Å². The van der Waals surface area contributed by atoms with Crippen LogP contribution in [0.1, 0.15) is 32.8 Å². The third kappa shape index (κ3) is 4.38. The zero-order valence-electron chi connectivity index (χ0n) is 14.1. The molecule has 2 N–H and O–H groups in total. The van der Waals surface area contributed by atoms with Crippen molar-refractivity contribution >= 4 is 29.1 Å². The fourth-order valence-corrected chi connectivity index (χ4v) is 2.55. The minimum Gasteiger partial charge on any atom is -0.495 e. The molecule has 2 unspecified atom stereocenters. The largest absolute Gasteiger partial charge is 0.495 e. The predicted molar refractivity (Wildman–Crippen MR) is 90.9 cm³/mol. The first-order valence-electron chi connectivity index (χ1n) is 7.59. The molecule has 2 atom stereocenters. The van der Waals surface area contributed by atoms with Gasteiger partial charge >= 0.3 is 0 Å². The fourth-order valence-electron chi connectivity index (χ4n) is 2.39. The Balaban J connectivity index is 2.02. The Kier molecular flexibility index (Phi) is 4.90. The highest BCUT2D eigenvalue weighted by molar-refractivity contribution is 6.31. The lowest BCUT2D eigenvalue weighted by Gasteiger charge is -2.20. The molecule has 0 aliphatic heterocycles. The van der Waals surface area contributed by atoms with Crippen molar-refractivity contribution in [1.82, 2.24) is 5.32 Å². The van der Waals surface area contributed by atoms with Crippen molar-refractivity contribution in [3.63, 3.8) is 0 Å². The lowest BCUT2D eigenvalue weighted by Crippen LogP contribution is -2.42. The molecule has 126 valence electrons. The third-order valence-corrected chi connectivity index (χ3v) is 4.11. The van der Waals surface area contributed by atoms with Gasteiger partial charge in [0.05, 0.1) is 24.6 Å². The first-order valence-corrected chi connectivity index (χ1v) is 7.97. The van der Waals surface area contributed by atoms with E-state index in [4.69, 9.17) is 16.3 Å². The number of anilines is 1. The zero-order valence-corrected chi connectivity index (χ0v) is 14.9. The number of ether oxygens (including phenoxy) is 1. The molecule has 2 rings (SSSR count). The van der Waals surface area contributed by atoms with Gasteiger partial charge in [0.15, 0.2) is 0 Å². The molecule has 1 aliphatic carbocycles. The summed E-state index contributed by atoms with van der Waals surface area (Å²) in [6, 6.07) is 3.44. The summed E-state index contributed by atoms with van der Waals surface area (Å²) >= 11 is 6.06. The predicted octanol–water partition coefficient (Wildman–Crippen LogP) is 3.15. The van der Waals surface area contributed by atoms with E-state index < -0.39 is 0 Å². The van der Waals surface area contributed by atoms with Crippen LogP contribution in [0.4, 0.5) is 5.69 Å². The van der Waals surface area contributed by atoms with E-state index in [1.165, 1.54) is 7.11 Å². The molecule has 0 spiro atoms. The van der Waals surface area contributed by atoms with Crippen LogP contribution in [0.3, 0.4) is 0 Å². The van der Waals surface area contributed by atoms with Crippen molar-refractivity contribution in [1.29, 1.82) is 0 Å². The van der Waals surface area contributed by atoms with Crippen LogP contribution < -0.4 is 15.4 Å². The summed E-state index contributed by atoms with van der Waals surface area (Å²) in [6.07, 6.45) is 0.572. The van der Waals surface area contributed by atoms with Crippen molar-refractivity contribution in [2.24, 2.45) is 11.8 Å². The second kappa shape index (κ2) is 6.40. The molecule has 0 saturated heterocycles. The second-order valence-electron chi connectivity index (χ2n) is 6.98. The molecule has 0 bridgehead atoms. The maximum Gasteiger partial charge on any atom is 0.228 e. The molecule has 1 fully saturated rings. The third-order valence-electron chi connectivity index (χ3n) is 3.70. The second-order valence-corrected chi connectivity index (χ2v) is 7.39. The number of methoxy groups -OCH3 is 1. The molecular formula is C17H23ClN2O3. The number of amides is 2. The van der Waals surface area contributed by atoms with Crippen LogP contribution in [0.5, 0.6) is 5.75 Å². The van der Waals surface area contributed by atoms with Crippen LogP contribution >= 0.6 is 11.6 Å². The Labute approximate surface area is 141 Å². The van der Waals surface area contributed by atoms with E-state index in [1.807, 2.05) is 27.7 Å². The highest BCUT2D eigenvalue weighted by Crippen LogP contribution is 2.41. The number of hydrogen-bond acceptors (Lipinski definition) is 3. The van der Waals surface area contributed by atoms with Gasteiger partial charge in [-0.3, -0.25) is 9.59 Å². The smallest absolute Gasteiger partial charge is 0.228 e. The van der Waals surface area contributed by atoms with Crippen molar-refractivity contribution in [2.45, 2.75) is 39.7 Å². The summed E-state index contributed by atoms with van der Waals surface area (Å²) in [7, 11) is 1.52. The normalized spacial score (nSPS) is 19.9. The van der Waals surface area contributed by atoms with Crippen LogP contribution in [0.25, 0.3) is 0 Å². The van der Waals surface area contributed by atoms with Gasteiger partial charge in [0.1, 0.15) is 5.75 Å². The molecule has 0 heterocycles. The maximum atomic E-state index is 12.3. The Bertz CT molecular complexity index is 637. The maximum absolute atomic E-state index is 12.3. The number of benzene rings is 1. The summed E-state index contributed by atoms with van der Waals surface area (Å²) < 4.78 is 5.24. The molecule has 6 heteroatoms. The Morgan fingerprint density at radius 2 is 1.83 bits per heavy atom. The van der Waals surface area contributed by atoms with Gasteiger partial charge in [-0.15, -0.1) is 0 Å². The van der Waals surface area contributed by atoms with Crippen molar-refractivity contribution in [3.8, 4) is 5.75 Å². The quantitative estimate of drug-likeness (QED) is 0.886. The fraction of sp³-hybridized carbons (Fsp3) is 0.529. The summed E-state index contributed by atoms with van der Waals surface area (Å²) in [5.41, 5.74) is 1.12. The SMILES string of the molecule is COc1cc(Cl)c(C)cc1NC(=O)C1CC1C(=O)NC(C)(C)C. The summed E-state index contributed by atoms with van der Waals surface area (Å²) in [5, 5.41) is 6.32. The molecular weight excluding hydrogens is 316 g/mol. The molecule has 0 aromatic heterocycles. The molecule has 1 aliphatic rings. The highest BCUT2D eigenvalue weighted by Gasteiger charge is 2.48. The van der Waals surface area contributed by atoms with E-state index in [2.05, 4.69) is 10.6 Å². The molecule has 5 nitrogen and oxygen atoms in total. The number of carbonyl (C=O) groups excluding carboxylic acids is 2. The minimum atomic E-state index is -0.294. The lowest BCUT2D eigenvalue weighted by molar-refractivity contribution is -0.126. The van der Waals surface area contributed by atoms with E-state index in [0.717, 1.165) is 5.56 Å². The Morgan fingerprint density at radius 1 is 1.22 bits per heavy atom. The average molecular weight is 339 g/mol. The minimum absolute atomic E-state index is 0.0723. The van der Waals surface area contributed by atoms with Crippen molar-refractivity contribution in [3.05, 3.63) is 22.7 Å². The lowest BCUT2D eigenvalue weighted by atomic mass is 10.1. The van der Waals surface area contributed by atoms with Gasteiger partial charge in [-0.25, -0.2) is 0 Å². The topological polar surface area (TPSA) is 67.4 Å². The molecule has 0 radical (unpaired) electrons. The highest BCUT2D eigenvalue weighted by atomic mass is 35.5. The van der Waals surface area contributed by atoms with Crippen LogP contribution in [0, 0.1) is 18.8 Å². The number of carbonyl (C=O) groups is 2. The summed E-state index contributed by atoms with van der Waals surface area (Å²) in [6.45, 7) is 7.62. The number of aryl methyl sites for hydroxylation is 1. The number of halogens is 1. The molecule has 1 aromatic rings. The summed E-state index contributed by atoms with van der Waals surface area (Å²) in [5.74, 6) is -0.284. The number of rotatable bonds is 4. The standard InChI is InChI=1S/C17H23ClN2O3/c1-9-6-13(14(23-5)8-12(9)18)19-15(21)10-7-11(10)16(22)20-17(2,3)4/h6,8,10-11H,7H2,1-5H3,(H,19,21)(H,20,22). The molecule has 1 aromatic carbocycles. The van der Waals surface area contributed by atoms with Crippen LogP contribution in [-0.4, -0.2) is 24.5 Å². The van der Waals surface area contributed by atoms with Gasteiger partial charge in [-0.2, -0.15) is 0 Å². The molecule has 23 heavy (non-hydrogen) atoms. The van der Waals surface area contributed by atoms with E-state index >= 15 is 0 Å². The number of nitrogens with one attached hydrogen (secondary N) is 2. The van der Waals surface area contributed by atoms with Gasteiger partial charge in [0.2, 0.25) is 11.8 Å². The monoisotopic (exact) mass is 338 g/mol. The number of hydrogen-bond donors (Lipinski definition) is 2. The van der Waals surface area contributed by atoms with Crippen LogP contribution in [0.2, 0.25) is 5.02 Å². The van der Waals surface area contributed by atoms with Gasteiger partial charge in [0, 0.05) is 16.6 Å². The Morgan fingerprint density at radius 3 is 2.39 bits per heavy atom. The van der Waals surface area contributed by atoms with Crippen LogP contribution in [-0.2, 0) is 9.59 Å². The zero-order chi connectivity index (χ0) is 17.4. The van der Waals surface area contributed by atoms with Crippen molar-refractivity contribution in [2.75, 3.05) is 12.4 Å². The van der Waals surface area contributed by atoms with Crippen LogP contribution in [0.15, 0.2) is 12.1 Å². The van der Waals surface area contributed by atoms with Gasteiger partial charge in [-0.05, 0) is 45.7 Å². The van der Waals surface area contributed by atoms with Gasteiger partial charge in [-0.1, -0.05) is 11.6 Å². The first-order chi connectivity index (χ1) is 10.6. The van der Waals surface area contributed by atoms with E-state index in [-0.39, 0.29) is 29.2 Å². The summed E-state index contributed by atoms with van der Waals surface area (Å²) in [4.78, 5) is 24.4. The first kappa shape index (κ1) is 17.6.